The first-order chi connectivity index (χ1) is 18.0. The molecule has 0 radical (unpaired) electrons. The number of hydrazone groups is 1. The van der Waals surface area contributed by atoms with Crippen molar-refractivity contribution in [3.8, 4) is 0 Å². The summed E-state index contributed by atoms with van der Waals surface area (Å²) in [7, 11) is 1.86. The highest BCUT2D eigenvalue weighted by Gasteiger charge is 2.28. The summed E-state index contributed by atoms with van der Waals surface area (Å²) in [5, 5.41) is 14.6. The first kappa shape index (κ1) is 31.3. The molecule has 2 heterocycles. The fraction of sp³-hybridized carbons (Fsp3) is 0.786. The van der Waals surface area contributed by atoms with E-state index in [2.05, 4.69) is 21.9 Å². The maximum Gasteiger partial charge on any atom is 0.276 e. The normalized spacial score (nSPS) is 15.6. The fourth-order valence-electron chi connectivity index (χ4n) is 5.03. The molecule has 1 saturated heterocycles. The summed E-state index contributed by atoms with van der Waals surface area (Å²) < 4.78 is 0. The quantitative estimate of drug-likeness (QED) is 0.0742. The number of guanidine groups is 1. The van der Waals surface area contributed by atoms with E-state index in [1.807, 2.05) is 22.9 Å². The molecule has 1 aliphatic rings. The third-order valence-corrected chi connectivity index (χ3v) is 7.29. The molecule has 0 N–H and O–H groups in total. The van der Waals surface area contributed by atoms with Gasteiger partial charge in [0.05, 0.1) is 13.3 Å². The Hall–Kier alpha value is -1.93. The molecule has 0 aromatic carbocycles. The maximum atomic E-state index is 11.1. The van der Waals surface area contributed by atoms with Gasteiger partial charge in [-0.05, 0) is 18.1 Å². The van der Waals surface area contributed by atoms with Gasteiger partial charge in [-0.25, -0.2) is 15.1 Å². The van der Waals surface area contributed by atoms with Crippen LogP contribution in [0.2, 0.25) is 5.15 Å². The molecule has 9 heteroatoms. The lowest BCUT2D eigenvalue weighted by Crippen LogP contribution is -2.57. The fourth-order valence-corrected chi connectivity index (χ4v) is 5.14. The van der Waals surface area contributed by atoms with Crippen LogP contribution in [0.5, 0.6) is 0 Å². The lowest BCUT2D eigenvalue weighted by molar-refractivity contribution is -0.486. The Bertz CT molecular complexity index is 776. The second-order valence-corrected chi connectivity index (χ2v) is 10.9. The zero-order valence-electron chi connectivity index (χ0n) is 23.3. The zero-order chi connectivity index (χ0) is 26.7. The molecule has 0 atom stereocenters. The van der Waals surface area contributed by atoms with Crippen LogP contribution >= 0.6 is 11.6 Å². The summed E-state index contributed by atoms with van der Waals surface area (Å²) in [6.45, 7) is 5.00. The minimum Gasteiger partial charge on any atom is -0.328 e. The van der Waals surface area contributed by atoms with Crippen LogP contribution in [0, 0.1) is 10.1 Å². The van der Waals surface area contributed by atoms with E-state index in [0.29, 0.717) is 31.0 Å². The van der Waals surface area contributed by atoms with Gasteiger partial charge in [0.2, 0.25) is 0 Å². The number of halogens is 1. The highest BCUT2D eigenvalue weighted by Crippen LogP contribution is 2.17. The molecule has 210 valence electrons. The number of rotatable bonds is 20. The molecule has 8 nitrogen and oxygen atoms in total. The van der Waals surface area contributed by atoms with Crippen molar-refractivity contribution in [1.29, 1.82) is 0 Å². The van der Waals surface area contributed by atoms with Gasteiger partial charge in [-0.15, -0.1) is 0 Å². The van der Waals surface area contributed by atoms with Gasteiger partial charge >= 0.3 is 0 Å². The van der Waals surface area contributed by atoms with Gasteiger partial charge in [-0.3, -0.25) is 4.90 Å². The average molecular weight is 537 g/mol. The summed E-state index contributed by atoms with van der Waals surface area (Å²) in [6, 6.07) is 3.64. The molecule has 1 aromatic rings. The molecular formula is C28H49ClN6O2. The number of hydrogen-bond donors (Lipinski definition) is 0. The summed E-state index contributed by atoms with van der Waals surface area (Å²) in [4.78, 5) is 21.3. The van der Waals surface area contributed by atoms with Crippen molar-refractivity contribution in [1.82, 2.24) is 19.7 Å². The average Bonchev–Trinajstić information content (AvgIpc) is 2.87. The first-order valence-corrected chi connectivity index (χ1v) is 14.9. The predicted molar refractivity (Wildman–Crippen MR) is 153 cm³/mol. The number of aromatic nitrogens is 1. The monoisotopic (exact) mass is 536 g/mol. The minimum atomic E-state index is -0.621. The molecule has 1 fully saturated rings. The van der Waals surface area contributed by atoms with Gasteiger partial charge in [0, 0.05) is 26.3 Å². The Kier molecular flexibility index (Phi) is 16.2. The molecule has 0 amide bonds. The Morgan fingerprint density at radius 1 is 0.892 bits per heavy atom. The van der Waals surface area contributed by atoms with Crippen LogP contribution in [0.4, 0.5) is 0 Å². The van der Waals surface area contributed by atoms with E-state index in [9.17, 15) is 10.1 Å². The number of pyridine rings is 1. The van der Waals surface area contributed by atoms with Crippen LogP contribution in [0.15, 0.2) is 23.4 Å². The SMILES string of the molecule is CCCCCCCCCCCCCCCCCCN1CN(C)/C(=N\[N+](=O)[O-])N(Cc2ccc(Cl)nc2)C1. The van der Waals surface area contributed by atoms with Crippen LogP contribution in [0.1, 0.15) is 115 Å². The Morgan fingerprint density at radius 3 is 1.92 bits per heavy atom. The van der Waals surface area contributed by atoms with E-state index in [1.165, 1.54) is 96.3 Å². The molecular weight excluding hydrogens is 488 g/mol. The number of unbranched alkanes of at least 4 members (excludes halogenated alkanes) is 15. The van der Waals surface area contributed by atoms with E-state index in [4.69, 9.17) is 11.6 Å². The molecule has 0 saturated carbocycles. The van der Waals surface area contributed by atoms with Crippen molar-refractivity contribution in [2.24, 2.45) is 5.10 Å². The highest BCUT2D eigenvalue weighted by atomic mass is 35.5. The number of hydrogen-bond acceptors (Lipinski definition) is 4. The zero-order valence-corrected chi connectivity index (χ0v) is 24.0. The third kappa shape index (κ3) is 14.0. The Labute approximate surface area is 229 Å². The lowest BCUT2D eigenvalue weighted by Gasteiger charge is -2.41. The van der Waals surface area contributed by atoms with Gasteiger partial charge in [0.25, 0.3) is 5.96 Å². The van der Waals surface area contributed by atoms with Crippen LogP contribution in [0.3, 0.4) is 0 Å². The Balaban J connectivity index is 1.56. The molecule has 1 aromatic heterocycles. The molecule has 0 unspecified atom stereocenters. The van der Waals surface area contributed by atoms with Crippen LogP contribution in [-0.2, 0) is 6.54 Å². The van der Waals surface area contributed by atoms with Crippen LogP contribution in [0.25, 0.3) is 0 Å². The van der Waals surface area contributed by atoms with E-state index >= 15 is 0 Å². The topological polar surface area (TPSA) is 78.1 Å². The highest BCUT2D eigenvalue weighted by molar-refractivity contribution is 6.29. The molecule has 2 rings (SSSR count). The van der Waals surface area contributed by atoms with Crippen molar-refractivity contribution in [3.05, 3.63) is 39.2 Å². The number of nitrogens with zero attached hydrogens (tertiary/aromatic N) is 6. The molecule has 1 aliphatic heterocycles. The van der Waals surface area contributed by atoms with Crippen molar-refractivity contribution in [3.63, 3.8) is 0 Å². The summed E-state index contributed by atoms with van der Waals surface area (Å²) in [5.74, 6) is 0.378. The lowest BCUT2D eigenvalue weighted by atomic mass is 10.0. The third-order valence-electron chi connectivity index (χ3n) is 7.07. The maximum absolute atomic E-state index is 11.1. The van der Waals surface area contributed by atoms with Crippen LogP contribution in [-0.4, -0.2) is 57.6 Å². The molecule has 0 aliphatic carbocycles. The van der Waals surface area contributed by atoms with Crippen molar-refractivity contribution in [2.45, 2.75) is 116 Å². The largest absolute Gasteiger partial charge is 0.328 e. The summed E-state index contributed by atoms with van der Waals surface area (Å²) in [5.41, 5.74) is 0.943. The van der Waals surface area contributed by atoms with Gasteiger partial charge in [0.1, 0.15) is 10.3 Å². The second-order valence-electron chi connectivity index (χ2n) is 10.5. The smallest absolute Gasteiger partial charge is 0.276 e. The molecule has 37 heavy (non-hydrogen) atoms. The van der Waals surface area contributed by atoms with Crippen molar-refractivity contribution < 1.29 is 5.03 Å². The van der Waals surface area contributed by atoms with Gasteiger partial charge < -0.3 is 9.80 Å². The van der Waals surface area contributed by atoms with Crippen LogP contribution < -0.4 is 0 Å². The van der Waals surface area contributed by atoms with Gasteiger partial charge in [0.15, 0.2) is 5.03 Å². The van der Waals surface area contributed by atoms with E-state index in [0.717, 1.165) is 18.5 Å². The van der Waals surface area contributed by atoms with Crippen molar-refractivity contribution >= 4 is 17.6 Å². The predicted octanol–water partition coefficient (Wildman–Crippen LogP) is 7.51. The first-order valence-electron chi connectivity index (χ1n) is 14.5. The summed E-state index contributed by atoms with van der Waals surface area (Å²) in [6.07, 6.45) is 23.5. The molecule has 0 bridgehead atoms. The standard InChI is InChI=1S/C28H49ClN6O2/c1-3-4-5-6-7-8-9-10-11-12-13-14-15-16-17-18-21-33-24-32(2)28(31-35(36)37)34(25-33)23-26-19-20-27(29)30-22-26/h19-20,22H,3-18,21,23-25H2,1-2H3/b31-28+. The summed E-state index contributed by atoms with van der Waals surface area (Å²) >= 11 is 5.90. The van der Waals surface area contributed by atoms with E-state index in [1.54, 1.807) is 12.3 Å². The molecule has 0 spiro atoms. The van der Waals surface area contributed by atoms with E-state index in [-0.39, 0.29) is 0 Å². The van der Waals surface area contributed by atoms with Gasteiger partial charge in [-0.1, -0.05) is 121 Å². The van der Waals surface area contributed by atoms with E-state index < -0.39 is 5.03 Å². The Morgan fingerprint density at radius 2 is 1.43 bits per heavy atom. The minimum absolute atomic E-state index is 0.378. The second kappa shape index (κ2) is 19.2. The van der Waals surface area contributed by atoms with Gasteiger partial charge in [-0.2, -0.15) is 0 Å². The van der Waals surface area contributed by atoms with Crippen molar-refractivity contribution in [2.75, 3.05) is 26.9 Å². The number of nitro groups is 1.